The van der Waals surface area contributed by atoms with Crippen molar-refractivity contribution in [3.05, 3.63) is 58.4 Å². The lowest BCUT2D eigenvalue weighted by molar-refractivity contribution is 0.102. The van der Waals surface area contributed by atoms with Crippen molar-refractivity contribution in [2.75, 3.05) is 19.4 Å². The summed E-state index contributed by atoms with van der Waals surface area (Å²) in [6.45, 7) is 5.20. The highest BCUT2D eigenvalue weighted by molar-refractivity contribution is 7.89. The lowest BCUT2D eigenvalue weighted by atomic mass is 10.1. The molecule has 2 rings (SSSR count). The van der Waals surface area contributed by atoms with Gasteiger partial charge in [-0.15, -0.1) is 0 Å². The van der Waals surface area contributed by atoms with Crippen molar-refractivity contribution in [3.8, 4) is 0 Å². The van der Waals surface area contributed by atoms with Crippen LogP contribution in [0.1, 0.15) is 27.0 Å². The number of halogens is 1. The van der Waals surface area contributed by atoms with Crippen LogP contribution in [0.15, 0.2) is 35.2 Å². The van der Waals surface area contributed by atoms with Crippen molar-refractivity contribution in [2.24, 2.45) is 0 Å². The molecule has 0 spiro atoms. The summed E-state index contributed by atoms with van der Waals surface area (Å²) in [5, 5.41) is 2.50. The number of aryl methyl sites for hydroxylation is 2. The number of anilines is 1. The number of amides is 1. The maximum Gasteiger partial charge on any atom is 0.255 e. The van der Waals surface area contributed by atoms with Crippen molar-refractivity contribution >= 4 is 21.6 Å². The lowest BCUT2D eigenvalue weighted by Crippen LogP contribution is -2.24. The highest BCUT2D eigenvalue weighted by Crippen LogP contribution is 2.24. The van der Waals surface area contributed by atoms with Gasteiger partial charge in [0.05, 0.1) is 10.6 Å². The maximum absolute atomic E-state index is 13.8. The van der Waals surface area contributed by atoms with Gasteiger partial charge in [0, 0.05) is 19.7 Å². The Balaban J connectivity index is 2.48. The number of nitrogens with zero attached hydrogens (tertiary/aromatic N) is 1. The predicted octanol–water partition coefficient (Wildman–Crippen LogP) is 3.25. The summed E-state index contributed by atoms with van der Waals surface area (Å²) < 4.78 is 39.9. The number of carbonyl (C=O) groups excluding carboxylic acids is 1. The summed E-state index contributed by atoms with van der Waals surface area (Å²) >= 11 is 0. The van der Waals surface area contributed by atoms with E-state index in [1.807, 2.05) is 0 Å². The Morgan fingerprint density at radius 1 is 1.08 bits per heavy atom. The Labute approximate surface area is 147 Å². The summed E-state index contributed by atoms with van der Waals surface area (Å²) in [7, 11) is -0.835. The number of carbonyl (C=O) groups is 1. The molecule has 0 heterocycles. The normalized spacial score (nSPS) is 11.6. The quantitative estimate of drug-likeness (QED) is 0.906. The lowest BCUT2D eigenvalue weighted by Gasteiger charge is -2.16. The van der Waals surface area contributed by atoms with E-state index < -0.39 is 21.7 Å². The molecule has 0 saturated carbocycles. The van der Waals surface area contributed by atoms with Gasteiger partial charge < -0.3 is 5.32 Å². The average molecular weight is 364 g/mol. The molecule has 0 aliphatic rings. The molecule has 0 atom stereocenters. The number of hydrogen-bond acceptors (Lipinski definition) is 3. The van der Waals surface area contributed by atoms with E-state index in [1.54, 1.807) is 32.9 Å². The van der Waals surface area contributed by atoms with Crippen LogP contribution < -0.4 is 5.32 Å². The molecule has 0 aliphatic carbocycles. The van der Waals surface area contributed by atoms with Gasteiger partial charge in [-0.3, -0.25) is 4.79 Å². The van der Waals surface area contributed by atoms with E-state index in [-0.39, 0.29) is 16.1 Å². The Hall–Kier alpha value is -2.25. The second-order valence-electron chi connectivity index (χ2n) is 6.14. The topological polar surface area (TPSA) is 66.5 Å². The van der Waals surface area contributed by atoms with Crippen molar-refractivity contribution in [3.63, 3.8) is 0 Å². The van der Waals surface area contributed by atoms with Gasteiger partial charge >= 0.3 is 0 Å². The van der Waals surface area contributed by atoms with Crippen LogP contribution in [0.25, 0.3) is 0 Å². The molecule has 0 bridgehead atoms. The van der Waals surface area contributed by atoms with Gasteiger partial charge in [-0.1, -0.05) is 6.07 Å². The van der Waals surface area contributed by atoms with E-state index >= 15 is 0 Å². The minimum absolute atomic E-state index is 0.0558. The van der Waals surface area contributed by atoms with Gasteiger partial charge in [-0.2, -0.15) is 0 Å². The molecule has 1 N–H and O–H groups in total. The van der Waals surface area contributed by atoms with Gasteiger partial charge in [0.25, 0.3) is 5.91 Å². The number of nitrogens with one attached hydrogen (secondary N) is 1. The summed E-state index contributed by atoms with van der Waals surface area (Å²) in [4.78, 5) is 12.6. The third-order valence-corrected chi connectivity index (χ3v) is 5.95. The van der Waals surface area contributed by atoms with Crippen LogP contribution in [-0.4, -0.2) is 32.7 Å². The first-order valence-corrected chi connectivity index (χ1v) is 9.09. The SMILES string of the molecule is Cc1ccc(F)c(NC(=O)c2cc(C)c(C)c(S(=O)(=O)N(C)C)c2)c1. The standard InChI is InChI=1S/C18H21FN2O3S/c1-11-6-7-15(19)16(8-11)20-18(22)14-9-12(2)13(3)17(10-14)25(23,24)21(4)5/h6-10H,1-5H3,(H,20,22). The monoisotopic (exact) mass is 364 g/mol. The number of benzene rings is 2. The van der Waals surface area contributed by atoms with Gasteiger partial charge in [0.1, 0.15) is 5.82 Å². The zero-order valence-electron chi connectivity index (χ0n) is 14.8. The van der Waals surface area contributed by atoms with Crippen molar-refractivity contribution in [1.29, 1.82) is 0 Å². The van der Waals surface area contributed by atoms with Crippen LogP contribution in [0.4, 0.5) is 10.1 Å². The Morgan fingerprint density at radius 2 is 1.72 bits per heavy atom. The molecule has 0 aromatic heterocycles. The van der Waals surface area contributed by atoms with Crippen LogP contribution >= 0.6 is 0 Å². The van der Waals surface area contributed by atoms with Gasteiger partial charge in [0.2, 0.25) is 10.0 Å². The molecule has 1 amide bonds. The summed E-state index contributed by atoms with van der Waals surface area (Å²) in [5.74, 6) is -1.12. The minimum atomic E-state index is -3.69. The van der Waals surface area contributed by atoms with Crippen LogP contribution in [0.2, 0.25) is 0 Å². The van der Waals surface area contributed by atoms with Gasteiger partial charge in [-0.25, -0.2) is 17.1 Å². The largest absolute Gasteiger partial charge is 0.319 e. The number of sulfonamides is 1. The first-order chi connectivity index (χ1) is 11.5. The van der Waals surface area contributed by atoms with E-state index in [2.05, 4.69) is 5.32 Å². The molecular weight excluding hydrogens is 343 g/mol. The molecule has 134 valence electrons. The fourth-order valence-electron chi connectivity index (χ4n) is 2.35. The third kappa shape index (κ3) is 3.88. The third-order valence-electron chi connectivity index (χ3n) is 4.01. The molecule has 2 aromatic carbocycles. The molecule has 0 unspecified atom stereocenters. The van der Waals surface area contributed by atoms with Gasteiger partial charge in [0.15, 0.2) is 0 Å². The summed E-state index contributed by atoms with van der Waals surface area (Å²) in [6, 6.07) is 7.30. The smallest absolute Gasteiger partial charge is 0.255 e. The zero-order valence-corrected chi connectivity index (χ0v) is 15.7. The number of rotatable bonds is 4. The molecule has 5 nitrogen and oxygen atoms in total. The first kappa shape index (κ1) is 19.1. The Bertz CT molecular complexity index is 938. The molecule has 0 saturated heterocycles. The predicted molar refractivity (Wildman–Crippen MR) is 95.9 cm³/mol. The molecule has 0 aliphatic heterocycles. The molecular formula is C18H21FN2O3S. The highest BCUT2D eigenvalue weighted by Gasteiger charge is 2.23. The van der Waals surface area contributed by atoms with E-state index in [0.29, 0.717) is 11.1 Å². The van der Waals surface area contributed by atoms with Crippen molar-refractivity contribution in [1.82, 2.24) is 4.31 Å². The zero-order chi connectivity index (χ0) is 18.9. The van der Waals surface area contributed by atoms with Crippen LogP contribution in [0.5, 0.6) is 0 Å². The van der Waals surface area contributed by atoms with Gasteiger partial charge in [-0.05, 0) is 61.7 Å². The molecule has 25 heavy (non-hydrogen) atoms. The average Bonchev–Trinajstić information content (AvgIpc) is 2.52. The van der Waals surface area contributed by atoms with Crippen LogP contribution in [-0.2, 0) is 10.0 Å². The first-order valence-electron chi connectivity index (χ1n) is 7.65. The Morgan fingerprint density at radius 3 is 2.32 bits per heavy atom. The van der Waals surface area contributed by atoms with E-state index in [9.17, 15) is 17.6 Å². The molecule has 0 radical (unpaired) electrons. The Kier molecular flexibility index (Phi) is 5.29. The van der Waals surface area contributed by atoms with E-state index in [0.717, 1.165) is 9.87 Å². The van der Waals surface area contributed by atoms with Crippen LogP contribution in [0, 0.1) is 26.6 Å². The highest BCUT2D eigenvalue weighted by atomic mass is 32.2. The number of hydrogen-bond donors (Lipinski definition) is 1. The second kappa shape index (κ2) is 6.93. The van der Waals surface area contributed by atoms with Crippen molar-refractivity contribution < 1.29 is 17.6 Å². The van der Waals surface area contributed by atoms with E-state index in [4.69, 9.17) is 0 Å². The second-order valence-corrected chi connectivity index (χ2v) is 8.26. The fraction of sp³-hybridized carbons (Fsp3) is 0.278. The molecule has 0 fully saturated rings. The summed E-state index contributed by atoms with van der Waals surface area (Å²) in [6.07, 6.45) is 0. The molecule has 7 heteroatoms. The molecule has 2 aromatic rings. The maximum atomic E-state index is 13.8. The summed E-state index contributed by atoms with van der Waals surface area (Å²) in [5.41, 5.74) is 2.25. The van der Waals surface area contributed by atoms with Crippen molar-refractivity contribution in [2.45, 2.75) is 25.7 Å². The fourth-order valence-corrected chi connectivity index (χ4v) is 3.57. The van der Waals surface area contributed by atoms with E-state index in [1.165, 1.54) is 32.3 Å². The van der Waals surface area contributed by atoms with Crippen LogP contribution in [0.3, 0.4) is 0 Å². The minimum Gasteiger partial charge on any atom is -0.319 e.